The molecule has 0 amide bonds. The van der Waals surface area contributed by atoms with Gasteiger partial charge in [0.1, 0.15) is 16.6 Å². The van der Waals surface area contributed by atoms with Crippen molar-refractivity contribution in [2.75, 3.05) is 26.9 Å². The van der Waals surface area contributed by atoms with Crippen molar-refractivity contribution in [3.05, 3.63) is 0 Å². The van der Waals surface area contributed by atoms with Gasteiger partial charge in [0.25, 0.3) is 0 Å². The fourth-order valence-electron chi connectivity index (χ4n) is 0.523. The molecule has 0 N–H and O–H groups in total. The maximum absolute atomic E-state index is 5.18. The first kappa shape index (κ1) is 11.1. The lowest BCUT2D eigenvalue weighted by Gasteiger charge is -1.95. The molecule has 1 saturated heterocycles. The molecule has 68 valence electrons. The van der Waals surface area contributed by atoms with Crippen molar-refractivity contribution in [2.45, 2.75) is 19.4 Å². The standard InChI is InChI=1S/C6H12O2.CH6OSi/c1-2-3-7-4-6-5-8-6;1-2-3/h6H,2-5H2,1H3;1,3H3. The van der Waals surface area contributed by atoms with Gasteiger partial charge in [-0.15, -0.1) is 0 Å². The van der Waals surface area contributed by atoms with Gasteiger partial charge >= 0.3 is 0 Å². The average Bonchev–Trinajstić information content (AvgIpc) is 2.74. The molecule has 0 saturated carbocycles. The summed E-state index contributed by atoms with van der Waals surface area (Å²) in [7, 11) is 2.56. The number of hydrogen-bond donors (Lipinski definition) is 0. The van der Waals surface area contributed by atoms with Crippen LogP contribution in [0.5, 0.6) is 0 Å². The Morgan fingerprint density at radius 1 is 1.64 bits per heavy atom. The zero-order valence-electron chi connectivity index (χ0n) is 7.63. The van der Waals surface area contributed by atoms with E-state index in [1.165, 1.54) is 0 Å². The Kier molecular flexibility index (Phi) is 8.27. The molecule has 1 atom stereocenters. The Bertz CT molecular complexity index is 76.1. The maximum atomic E-state index is 5.18. The van der Waals surface area contributed by atoms with E-state index < -0.39 is 0 Å². The minimum Gasteiger partial charge on any atom is -0.431 e. The number of hydrogen-bond acceptors (Lipinski definition) is 3. The van der Waals surface area contributed by atoms with Crippen molar-refractivity contribution < 1.29 is 13.9 Å². The van der Waals surface area contributed by atoms with Crippen molar-refractivity contribution in [3.63, 3.8) is 0 Å². The van der Waals surface area contributed by atoms with Crippen LogP contribution in [0.2, 0.25) is 0 Å². The highest BCUT2D eigenvalue weighted by Gasteiger charge is 2.21. The van der Waals surface area contributed by atoms with Gasteiger partial charge in [-0.25, -0.2) is 0 Å². The van der Waals surface area contributed by atoms with Crippen molar-refractivity contribution in [2.24, 2.45) is 0 Å². The summed E-state index contributed by atoms with van der Waals surface area (Å²) in [6.45, 7) is 4.69. The third-order valence-electron chi connectivity index (χ3n) is 1.05. The lowest BCUT2D eigenvalue weighted by molar-refractivity contribution is 0.117. The minimum atomic E-state index is 0.432. The predicted molar refractivity (Wildman–Crippen MR) is 47.8 cm³/mol. The van der Waals surface area contributed by atoms with Crippen molar-refractivity contribution in [1.82, 2.24) is 0 Å². The summed E-state index contributed by atoms with van der Waals surface area (Å²) in [5.74, 6) is 0. The Morgan fingerprint density at radius 2 is 2.18 bits per heavy atom. The van der Waals surface area contributed by atoms with Crippen molar-refractivity contribution >= 4 is 10.5 Å². The molecular weight excluding hydrogens is 160 g/mol. The van der Waals surface area contributed by atoms with Gasteiger partial charge in [0.05, 0.1) is 13.2 Å². The van der Waals surface area contributed by atoms with Crippen molar-refractivity contribution in [3.8, 4) is 0 Å². The third-order valence-corrected chi connectivity index (χ3v) is 1.05. The van der Waals surface area contributed by atoms with E-state index in [0.29, 0.717) is 6.10 Å². The van der Waals surface area contributed by atoms with Crippen molar-refractivity contribution in [1.29, 1.82) is 0 Å². The molecule has 0 aromatic rings. The van der Waals surface area contributed by atoms with Gasteiger partial charge in [0.15, 0.2) is 0 Å². The van der Waals surface area contributed by atoms with E-state index in [1.807, 2.05) is 0 Å². The highest BCUT2D eigenvalue weighted by Crippen LogP contribution is 2.08. The van der Waals surface area contributed by atoms with Crippen LogP contribution in [0.3, 0.4) is 0 Å². The zero-order valence-corrected chi connectivity index (χ0v) is 9.63. The normalized spacial score (nSPS) is 20.7. The van der Waals surface area contributed by atoms with Crippen LogP contribution >= 0.6 is 0 Å². The molecule has 0 aromatic carbocycles. The Hall–Kier alpha value is 0.0969. The SMILES string of the molecule is CCCOCC1CO1.CO[SiH3]. The summed E-state index contributed by atoms with van der Waals surface area (Å²) in [4.78, 5) is 0. The van der Waals surface area contributed by atoms with Crippen LogP contribution in [0.1, 0.15) is 13.3 Å². The van der Waals surface area contributed by atoms with Gasteiger partial charge in [-0.3, -0.25) is 0 Å². The fraction of sp³-hybridized carbons (Fsp3) is 1.00. The predicted octanol–water partition coefficient (Wildman–Crippen LogP) is -0.275. The second-order valence-electron chi connectivity index (χ2n) is 2.44. The van der Waals surface area contributed by atoms with Gasteiger partial charge in [0, 0.05) is 13.7 Å². The smallest absolute Gasteiger partial charge is 0.145 e. The van der Waals surface area contributed by atoms with E-state index in [2.05, 4.69) is 11.3 Å². The molecule has 0 aliphatic carbocycles. The van der Waals surface area contributed by atoms with Gasteiger partial charge in [-0.2, -0.15) is 0 Å². The van der Waals surface area contributed by atoms with Crippen LogP contribution < -0.4 is 0 Å². The molecule has 1 aliphatic heterocycles. The van der Waals surface area contributed by atoms with Crippen LogP contribution in [0.25, 0.3) is 0 Å². The van der Waals surface area contributed by atoms with E-state index in [1.54, 1.807) is 7.11 Å². The van der Waals surface area contributed by atoms with E-state index >= 15 is 0 Å². The zero-order chi connectivity index (χ0) is 8.53. The number of rotatable bonds is 4. The minimum absolute atomic E-state index is 0.432. The van der Waals surface area contributed by atoms with Crippen LogP contribution in [0.4, 0.5) is 0 Å². The molecular formula is C7H18O3Si. The topological polar surface area (TPSA) is 31.0 Å². The first-order chi connectivity index (χ1) is 5.35. The summed E-state index contributed by atoms with van der Waals surface area (Å²) in [6.07, 6.45) is 1.54. The molecule has 1 rings (SSSR count). The molecule has 0 spiro atoms. The highest BCUT2D eigenvalue weighted by molar-refractivity contribution is 5.97. The lowest BCUT2D eigenvalue weighted by Crippen LogP contribution is -2.01. The molecule has 1 aliphatic rings. The third kappa shape index (κ3) is 10.1. The summed E-state index contributed by atoms with van der Waals surface area (Å²) in [6, 6.07) is 0. The second kappa shape index (κ2) is 8.20. The summed E-state index contributed by atoms with van der Waals surface area (Å²) < 4.78 is 14.5. The van der Waals surface area contributed by atoms with Gasteiger partial charge in [0.2, 0.25) is 0 Å². The number of ether oxygens (including phenoxy) is 2. The molecule has 0 bridgehead atoms. The van der Waals surface area contributed by atoms with E-state index in [-0.39, 0.29) is 0 Å². The molecule has 1 fully saturated rings. The largest absolute Gasteiger partial charge is 0.431 e. The first-order valence-electron chi connectivity index (χ1n) is 3.94. The Labute approximate surface area is 71.6 Å². The highest BCUT2D eigenvalue weighted by atomic mass is 28.2. The summed E-state index contributed by atoms with van der Waals surface area (Å²) in [5, 5.41) is 0. The van der Waals surface area contributed by atoms with Crippen LogP contribution in [-0.2, 0) is 13.9 Å². The average molecular weight is 178 g/mol. The van der Waals surface area contributed by atoms with E-state index in [9.17, 15) is 0 Å². The fourth-order valence-corrected chi connectivity index (χ4v) is 0.523. The van der Waals surface area contributed by atoms with Gasteiger partial charge in [-0.05, 0) is 6.42 Å². The second-order valence-corrected chi connectivity index (χ2v) is 3.26. The summed E-state index contributed by atoms with van der Waals surface area (Å²) in [5.41, 5.74) is 0. The van der Waals surface area contributed by atoms with E-state index in [4.69, 9.17) is 9.47 Å². The lowest BCUT2D eigenvalue weighted by atomic mass is 10.5. The molecule has 0 radical (unpaired) electrons. The molecule has 0 aromatic heterocycles. The molecule has 1 heterocycles. The molecule has 4 heteroatoms. The molecule has 1 unspecified atom stereocenters. The van der Waals surface area contributed by atoms with Crippen LogP contribution in [0, 0.1) is 0 Å². The quantitative estimate of drug-likeness (QED) is 0.337. The van der Waals surface area contributed by atoms with Gasteiger partial charge in [-0.1, -0.05) is 6.92 Å². The Balaban J connectivity index is 0.000000292. The Morgan fingerprint density at radius 3 is 2.55 bits per heavy atom. The van der Waals surface area contributed by atoms with E-state index in [0.717, 1.165) is 36.7 Å². The summed E-state index contributed by atoms with van der Waals surface area (Å²) >= 11 is 0. The first-order valence-corrected chi connectivity index (χ1v) is 4.76. The molecule has 3 nitrogen and oxygen atoms in total. The monoisotopic (exact) mass is 178 g/mol. The van der Waals surface area contributed by atoms with Gasteiger partial charge < -0.3 is 13.9 Å². The van der Waals surface area contributed by atoms with Crippen LogP contribution in [-0.4, -0.2) is 43.5 Å². The molecule has 11 heavy (non-hydrogen) atoms. The maximum Gasteiger partial charge on any atom is 0.145 e. The van der Waals surface area contributed by atoms with Crippen LogP contribution in [0.15, 0.2) is 0 Å². The number of epoxide rings is 1.